The molecule has 6 nitrogen and oxygen atoms in total. The van der Waals surface area contributed by atoms with Crippen LogP contribution < -0.4 is 5.73 Å². The van der Waals surface area contributed by atoms with E-state index in [9.17, 15) is 0 Å². The lowest BCUT2D eigenvalue weighted by molar-refractivity contribution is 0.161. The fourth-order valence-electron chi connectivity index (χ4n) is 4.14. The predicted octanol–water partition coefficient (Wildman–Crippen LogP) is 3.22. The van der Waals surface area contributed by atoms with Crippen LogP contribution in [0.4, 0.5) is 0 Å². The number of aryl methyl sites for hydroxylation is 1. The highest BCUT2D eigenvalue weighted by Gasteiger charge is 2.27. The summed E-state index contributed by atoms with van der Waals surface area (Å²) < 4.78 is 1.94. The Kier molecular flexibility index (Phi) is 5.65. The van der Waals surface area contributed by atoms with E-state index in [2.05, 4.69) is 17.0 Å². The van der Waals surface area contributed by atoms with Gasteiger partial charge in [-0.2, -0.15) is 5.26 Å². The van der Waals surface area contributed by atoms with Gasteiger partial charge in [0.05, 0.1) is 23.0 Å². The molecule has 2 N–H and O–H groups in total. The molecule has 3 heterocycles. The van der Waals surface area contributed by atoms with Crippen molar-refractivity contribution in [3.8, 4) is 6.07 Å². The second-order valence-electron chi connectivity index (χ2n) is 7.45. The monoisotopic (exact) mass is 374 g/mol. The van der Waals surface area contributed by atoms with Gasteiger partial charge in [0.25, 0.3) is 0 Å². The van der Waals surface area contributed by atoms with Crippen LogP contribution in [-0.2, 0) is 13.0 Å². The lowest BCUT2D eigenvalue weighted by atomic mass is 9.90. The topological polar surface area (TPSA) is 83.2 Å². The van der Waals surface area contributed by atoms with Crippen molar-refractivity contribution >= 4 is 5.65 Å². The van der Waals surface area contributed by atoms with Gasteiger partial charge in [0.15, 0.2) is 0 Å². The lowest BCUT2D eigenvalue weighted by Gasteiger charge is -2.34. The number of unbranched alkanes of at least 4 members (excludes halogenated alkanes) is 1. The molecule has 0 amide bonds. The van der Waals surface area contributed by atoms with Gasteiger partial charge in [0.1, 0.15) is 11.7 Å². The van der Waals surface area contributed by atoms with Crippen LogP contribution in [0, 0.1) is 11.3 Å². The van der Waals surface area contributed by atoms with E-state index in [0.717, 1.165) is 56.7 Å². The summed E-state index contributed by atoms with van der Waals surface area (Å²) in [7, 11) is 0. The minimum absolute atomic E-state index is 0.321. The van der Waals surface area contributed by atoms with Gasteiger partial charge >= 0.3 is 0 Å². The summed E-state index contributed by atoms with van der Waals surface area (Å²) in [6.07, 6.45) is 11.3. The maximum Gasteiger partial charge on any atom is 0.137 e. The van der Waals surface area contributed by atoms with Gasteiger partial charge in [-0.25, -0.2) is 4.98 Å². The van der Waals surface area contributed by atoms with E-state index >= 15 is 0 Å². The maximum absolute atomic E-state index is 9.12. The van der Waals surface area contributed by atoms with Crippen LogP contribution in [0.1, 0.15) is 54.2 Å². The first-order valence-corrected chi connectivity index (χ1v) is 10.0. The summed E-state index contributed by atoms with van der Waals surface area (Å²) in [6.45, 7) is 2.47. The zero-order valence-electron chi connectivity index (χ0n) is 16.1. The number of nitriles is 1. The number of nitrogens with zero attached hydrogens (tertiary/aromatic N) is 5. The zero-order chi connectivity index (χ0) is 19.3. The molecular formula is C22H26N6. The molecule has 1 aliphatic carbocycles. The molecule has 3 aromatic heterocycles. The molecule has 144 valence electrons. The number of pyridine rings is 2. The first kappa shape index (κ1) is 18.6. The van der Waals surface area contributed by atoms with Crippen LogP contribution in [0.2, 0.25) is 0 Å². The second-order valence-corrected chi connectivity index (χ2v) is 7.45. The molecule has 0 radical (unpaired) electrons. The van der Waals surface area contributed by atoms with E-state index < -0.39 is 0 Å². The predicted molar refractivity (Wildman–Crippen MR) is 109 cm³/mol. The van der Waals surface area contributed by atoms with Crippen molar-refractivity contribution in [3.63, 3.8) is 0 Å². The summed E-state index contributed by atoms with van der Waals surface area (Å²) in [4.78, 5) is 12.0. The summed E-state index contributed by atoms with van der Waals surface area (Å²) in [5.41, 5.74) is 10.9. The van der Waals surface area contributed by atoms with Crippen molar-refractivity contribution in [2.24, 2.45) is 5.73 Å². The number of rotatable bonds is 7. The van der Waals surface area contributed by atoms with Gasteiger partial charge in [-0.05, 0) is 69.0 Å². The quantitative estimate of drug-likeness (QED) is 0.642. The molecule has 1 aliphatic rings. The van der Waals surface area contributed by atoms with E-state index in [4.69, 9.17) is 21.0 Å². The summed E-state index contributed by atoms with van der Waals surface area (Å²) >= 11 is 0. The molecule has 1 atom stereocenters. The molecule has 0 bridgehead atoms. The Morgan fingerprint density at radius 1 is 1.25 bits per heavy atom. The van der Waals surface area contributed by atoms with Crippen molar-refractivity contribution in [3.05, 3.63) is 65.4 Å². The standard InChI is InChI=1S/C22H26N6/c23-10-1-2-12-27(20-7-3-5-18-6-4-11-25-22(18)20)15-19-16-28-14-17(13-24)8-9-21(28)26-19/h4,6,8-9,11,14,16,20H,1-3,5,7,10,12,15,23H2. The molecule has 0 saturated carbocycles. The SMILES string of the molecule is N#Cc1ccc2nc(CN(CCCCN)C3CCCc4cccnc43)cn2c1. The van der Waals surface area contributed by atoms with Crippen LogP contribution in [0.5, 0.6) is 0 Å². The highest BCUT2D eigenvalue weighted by molar-refractivity contribution is 5.44. The zero-order valence-corrected chi connectivity index (χ0v) is 16.1. The summed E-state index contributed by atoms with van der Waals surface area (Å²) in [5.74, 6) is 0. The Balaban J connectivity index is 1.61. The van der Waals surface area contributed by atoms with Crippen molar-refractivity contribution in [1.29, 1.82) is 5.26 Å². The molecule has 3 aromatic rings. The fourth-order valence-corrected chi connectivity index (χ4v) is 4.14. The van der Waals surface area contributed by atoms with E-state index in [1.165, 1.54) is 17.7 Å². The van der Waals surface area contributed by atoms with E-state index in [1.54, 1.807) is 0 Å². The van der Waals surface area contributed by atoms with Crippen molar-refractivity contribution in [2.45, 2.75) is 44.7 Å². The van der Waals surface area contributed by atoms with Gasteiger partial charge in [0, 0.05) is 25.1 Å². The van der Waals surface area contributed by atoms with Gasteiger partial charge in [-0.1, -0.05) is 6.07 Å². The maximum atomic E-state index is 9.12. The Morgan fingerprint density at radius 3 is 3.04 bits per heavy atom. The number of hydrogen-bond donors (Lipinski definition) is 1. The number of imidazole rings is 1. The van der Waals surface area contributed by atoms with Crippen LogP contribution in [0.25, 0.3) is 5.65 Å². The fraction of sp³-hybridized carbons (Fsp3) is 0.409. The van der Waals surface area contributed by atoms with Crippen molar-refractivity contribution < 1.29 is 0 Å². The highest BCUT2D eigenvalue weighted by atomic mass is 15.2. The average Bonchev–Trinajstić information content (AvgIpc) is 3.14. The minimum Gasteiger partial charge on any atom is -0.330 e. The first-order valence-electron chi connectivity index (χ1n) is 10.0. The second kappa shape index (κ2) is 8.51. The Labute approximate surface area is 165 Å². The molecule has 28 heavy (non-hydrogen) atoms. The van der Waals surface area contributed by atoms with Gasteiger partial charge in [-0.15, -0.1) is 0 Å². The number of hydrogen-bond acceptors (Lipinski definition) is 5. The Hall–Kier alpha value is -2.75. The molecular weight excluding hydrogens is 348 g/mol. The van der Waals surface area contributed by atoms with Crippen molar-refractivity contribution in [1.82, 2.24) is 19.3 Å². The molecule has 0 fully saturated rings. The normalized spacial score (nSPS) is 16.2. The third-order valence-electron chi connectivity index (χ3n) is 5.50. The molecule has 0 saturated heterocycles. The third-order valence-corrected chi connectivity index (χ3v) is 5.50. The van der Waals surface area contributed by atoms with Gasteiger partial charge in [-0.3, -0.25) is 9.88 Å². The van der Waals surface area contributed by atoms with Gasteiger partial charge in [0.2, 0.25) is 0 Å². The number of nitrogens with two attached hydrogens (primary N) is 1. The first-order chi connectivity index (χ1) is 13.8. The minimum atomic E-state index is 0.321. The molecule has 6 heteroatoms. The van der Waals surface area contributed by atoms with Crippen LogP contribution in [0.15, 0.2) is 42.9 Å². The highest BCUT2D eigenvalue weighted by Crippen LogP contribution is 2.33. The van der Waals surface area contributed by atoms with E-state index in [-0.39, 0.29) is 0 Å². The molecule has 0 spiro atoms. The molecule has 1 unspecified atom stereocenters. The largest absolute Gasteiger partial charge is 0.330 e. The van der Waals surface area contributed by atoms with Crippen LogP contribution in [-0.4, -0.2) is 32.4 Å². The summed E-state index contributed by atoms with van der Waals surface area (Å²) in [6, 6.07) is 10.5. The number of aromatic nitrogens is 3. The average molecular weight is 374 g/mol. The smallest absolute Gasteiger partial charge is 0.137 e. The lowest BCUT2D eigenvalue weighted by Crippen LogP contribution is -2.33. The Bertz CT molecular complexity index is 986. The Morgan fingerprint density at radius 2 is 2.18 bits per heavy atom. The van der Waals surface area contributed by atoms with Crippen molar-refractivity contribution in [2.75, 3.05) is 13.1 Å². The third kappa shape index (κ3) is 3.91. The molecule has 0 aromatic carbocycles. The van der Waals surface area contributed by atoms with Gasteiger partial charge < -0.3 is 10.1 Å². The molecule has 0 aliphatic heterocycles. The van der Waals surface area contributed by atoms with E-state index in [0.29, 0.717) is 11.6 Å². The van der Waals surface area contributed by atoms with Crippen LogP contribution in [0.3, 0.4) is 0 Å². The van der Waals surface area contributed by atoms with E-state index in [1.807, 2.05) is 41.2 Å². The summed E-state index contributed by atoms with van der Waals surface area (Å²) in [5, 5.41) is 9.12. The van der Waals surface area contributed by atoms with Crippen LogP contribution >= 0.6 is 0 Å². The molecule has 4 rings (SSSR count). The number of fused-ring (bicyclic) bond motifs is 2.